The lowest BCUT2D eigenvalue weighted by Gasteiger charge is -2.32. The Morgan fingerprint density at radius 1 is 0.930 bits per heavy atom. The number of unbranched alkanes of at least 4 members (excludes halogenated alkanes) is 1. The van der Waals surface area contributed by atoms with Gasteiger partial charge in [-0.15, -0.1) is 0 Å². The summed E-state index contributed by atoms with van der Waals surface area (Å²) < 4.78 is 39.7. The van der Waals surface area contributed by atoms with Crippen LogP contribution in [0.4, 0.5) is 5.69 Å². The Labute approximate surface area is 267 Å². The summed E-state index contributed by atoms with van der Waals surface area (Å²) >= 11 is 18.9. The summed E-state index contributed by atoms with van der Waals surface area (Å²) in [5.74, 6) is -0.529. The van der Waals surface area contributed by atoms with Gasteiger partial charge < -0.3 is 19.7 Å². The zero-order valence-electron chi connectivity index (χ0n) is 24.3. The Hall–Kier alpha value is -3.18. The number of hydrogen-bond donors (Lipinski definition) is 1. The number of hydrogen-bond acceptors (Lipinski definition) is 6. The molecule has 1 N–H and O–H groups in total. The second-order valence-corrected chi connectivity index (χ2v) is 12.7. The van der Waals surface area contributed by atoms with Gasteiger partial charge in [0, 0.05) is 39.8 Å². The highest BCUT2D eigenvalue weighted by atomic mass is 35.5. The Kier molecular flexibility index (Phi) is 12.4. The molecule has 0 radical (unpaired) electrons. The van der Waals surface area contributed by atoms with E-state index >= 15 is 0 Å². The summed E-state index contributed by atoms with van der Waals surface area (Å²) in [4.78, 5) is 28.3. The van der Waals surface area contributed by atoms with Gasteiger partial charge in [0.05, 0.1) is 24.8 Å². The molecule has 3 aromatic carbocycles. The minimum absolute atomic E-state index is 0.134. The topological polar surface area (TPSA) is 105 Å². The number of ether oxygens (including phenoxy) is 2. The van der Waals surface area contributed by atoms with Crippen molar-refractivity contribution in [3.05, 3.63) is 81.3 Å². The molecule has 1 atom stereocenters. The zero-order valence-corrected chi connectivity index (χ0v) is 27.4. The first-order valence-electron chi connectivity index (χ1n) is 13.4. The van der Waals surface area contributed by atoms with E-state index in [0.29, 0.717) is 32.9 Å². The predicted octanol–water partition coefficient (Wildman–Crippen LogP) is 6.19. The van der Waals surface area contributed by atoms with Crippen molar-refractivity contribution in [2.75, 3.05) is 31.6 Å². The number of benzene rings is 3. The molecule has 0 fully saturated rings. The van der Waals surface area contributed by atoms with Gasteiger partial charge in [0.15, 0.2) is 11.5 Å². The molecular weight excluding hydrogens is 637 g/mol. The molecule has 232 valence electrons. The summed E-state index contributed by atoms with van der Waals surface area (Å²) in [6, 6.07) is 14.1. The van der Waals surface area contributed by atoms with E-state index in [9.17, 15) is 18.0 Å². The van der Waals surface area contributed by atoms with Crippen molar-refractivity contribution in [1.29, 1.82) is 0 Å². The van der Waals surface area contributed by atoms with Gasteiger partial charge in [0.1, 0.15) is 12.6 Å². The maximum atomic E-state index is 14.1. The SMILES string of the molecule is CCCCNC(=O)[C@H](C)N(Cc1c(Cl)cccc1Cl)C(=O)CN(c1ccc(Cl)cc1)S(=O)(=O)c1ccc(OC)c(OC)c1. The van der Waals surface area contributed by atoms with Crippen LogP contribution in [0.2, 0.25) is 15.1 Å². The number of methoxy groups -OCH3 is 2. The molecule has 43 heavy (non-hydrogen) atoms. The number of nitrogens with zero attached hydrogens (tertiary/aromatic N) is 2. The van der Waals surface area contributed by atoms with Crippen LogP contribution in [0.25, 0.3) is 0 Å². The van der Waals surface area contributed by atoms with E-state index < -0.39 is 34.4 Å². The first-order valence-corrected chi connectivity index (χ1v) is 16.0. The molecule has 0 aliphatic carbocycles. The van der Waals surface area contributed by atoms with Gasteiger partial charge >= 0.3 is 0 Å². The van der Waals surface area contributed by atoms with Gasteiger partial charge in [0.25, 0.3) is 10.0 Å². The molecule has 0 unspecified atom stereocenters. The lowest BCUT2D eigenvalue weighted by atomic mass is 10.1. The number of rotatable bonds is 14. The summed E-state index contributed by atoms with van der Waals surface area (Å²) in [5, 5.41) is 3.82. The molecule has 0 saturated carbocycles. The number of carbonyl (C=O) groups is 2. The number of nitrogens with one attached hydrogen (secondary N) is 1. The van der Waals surface area contributed by atoms with Gasteiger partial charge in [-0.25, -0.2) is 8.42 Å². The highest BCUT2D eigenvalue weighted by Crippen LogP contribution is 2.33. The summed E-state index contributed by atoms with van der Waals surface area (Å²) in [7, 11) is -1.53. The summed E-state index contributed by atoms with van der Waals surface area (Å²) in [5.41, 5.74) is 0.608. The van der Waals surface area contributed by atoms with E-state index in [0.717, 1.165) is 17.1 Å². The van der Waals surface area contributed by atoms with Gasteiger partial charge in [0.2, 0.25) is 11.8 Å². The maximum Gasteiger partial charge on any atom is 0.264 e. The van der Waals surface area contributed by atoms with Crippen molar-refractivity contribution in [2.24, 2.45) is 0 Å². The monoisotopic (exact) mass is 669 g/mol. The third kappa shape index (κ3) is 8.47. The van der Waals surface area contributed by atoms with Gasteiger partial charge in [-0.1, -0.05) is 54.2 Å². The first-order chi connectivity index (χ1) is 20.4. The fourth-order valence-electron chi connectivity index (χ4n) is 4.21. The van der Waals surface area contributed by atoms with Crippen LogP contribution in [0.5, 0.6) is 11.5 Å². The molecule has 0 aliphatic heterocycles. The molecule has 0 saturated heterocycles. The lowest BCUT2D eigenvalue weighted by Crippen LogP contribution is -2.51. The van der Waals surface area contributed by atoms with Crippen molar-refractivity contribution in [3.8, 4) is 11.5 Å². The van der Waals surface area contributed by atoms with E-state index in [4.69, 9.17) is 44.3 Å². The molecule has 9 nitrogen and oxygen atoms in total. The van der Waals surface area contributed by atoms with Crippen molar-refractivity contribution in [3.63, 3.8) is 0 Å². The van der Waals surface area contributed by atoms with E-state index in [2.05, 4.69) is 5.32 Å². The molecule has 0 heterocycles. The van der Waals surface area contributed by atoms with Crippen molar-refractivity contribution in [1.82, 2.24) is 10.2 Å². The molecular formula is C30H34Cl3N3O6S. The summed E-state index contributed by atoms with van der Waals surface area (Å²) in [6.45, 7) is 3.21. The quantitative estimate of drug-likeness (QED) is 0.205. The Bertz CT molecular complexity index is 1520. The molecule has 0 spiro atoms. The van der Waals surface area contributed by atoms with Gasteiger partial charge in [-0.3, -0.25) is 13.9 Å². The van der Waals surface area contributed by atoms with Crippen molar-refractivity contribution >= 4 is 62.3 Å². The van der Waals surface area contributed by atoms with Gasteiger partial charge in [-0.2, -0.15) is 0 Å². The number of carbonyl (C=O) groups excluding carboxylic acids is 2. The van der Waals surface area contributed by atoms with Crippen LogP contribution in [0.3, 0.4) is 0 Å². The van der Waals surface area contributed by atoms with Crippen molar-refractivity contribution in [2.45, 2.75) is 44.2 Å². The number of sulfonamides is 1. The van der Waals surface area contributed by atoms with Crippen molar-refractivity contribution < 1.29 is 27.5 Å². The Morgan fingerprint density at radius 3 is 2.14 bits per heavy atom. The van der Waals surface area contributed by atoms with Crippen LogP contribution >= 0.6 is 34.8 Å². The van der Waals surface area contributed by atoms with Gasteiger partial charge in [-0.05, 0) is 61.9 Å². The second-order valence-electron chi connectivity index (χ2n) is 9.55. The zero-order chi connectivity index (χ0) is 31.7. The Balaban J connectivity index is 2.08. The highest BCUT2D eigenvalue weighted by Gasteiger charge is 2.33. The molecule has 0 aliphatic rings. The van der Waals surface area contributed by atoms with E-state index in [1.165, 1.54) is 61.6 Å². The third-order valence-corrected chi connectivity index (χ3v) is 9.45. The molecule has 2 amide bonds. The molecule has 3 rings (SSSR count). The van der Waals surface area contributed by atoms with E-state index in [1.54, 1.807) is 25.1 Å². The molecule has 0 bridgehead atoms. The largest absolute Gasteiger partial charge is 0.493 e. The van der Waals surface area contributed by atoms with Crippen LogP contribution in [0.1, 0.15) is 32.3 Å². The maximum absolute atomic E-state index is 14.1. The average molecular weight is 671 g/mol. The third-order valence-electron chi connectivity index (χ3n) is 6.72. The highest BCUT2D eigenvalue weighted by molar-refractivity contribution is 7.92. The fourth-order valence-corrected chi connectivity index (χ4v) is 6.29. The molecule has 13 heteroatoms. The molecule has 3 aromatic rings. The van der Waals surface area contributed by atoms with Crippen LogP contribution in [-0.4, -0.2) is 58.5 Å². The van der Waals surface area contributed by atoms with Crippen LogP contribution in [0.15, 0.2) is 65.6 Å². The second kappa shape index (κ2) is 15.5. The predicted molar refractivity (Wildman–Crippen MR) is 170 cm³/mol. The number of anilines is 1. The fraction of sp³-hybridized carbons (Fsp3) is 0.333. The minimum Gasteiger partial charge on any atom is -0.493 e. The number of halogens is 3. The minimum atomic E-state index is -4.35. The first kappa shape index (κ1) is 34.3. The Morgan fingerprint density at radius 2 is 1.56 bits per heavy atom. The van der Waals surface area contributed by atoms with E-state index in [1.807, 2.05) is 6.92 Å². The van der Waals surface area contributed by atoms with E-state index in [-0.39, 0.29) is 22.9 Å². The lowest BCUT2D eigenvalue weighted by molar-refractivity contribution is -0.139. The van der Waals surface area contributed by atoms with Crippen LogP contribution in [-0.2, 0) is 26.2 Å². The average Bonchev–Trinajstić information content (AvgIpc) is 2.99. The normalized spacial score (nSPS) is 11.9. The standard InChI is InChI=1S/C30H34Cl3N3O6S/c1-5-6-16-34-30(38)20(2)35(18-24-25(32)8-7-9-26(24)33)29(37)19-36(22-12-10-21(31)11-13-22)43(39,40)23-14-15-27(41-3)28(17-23)42-4/h7-15,17,20H,5-6,16,18-19H2,1-4H3,(H,34,38)/t20-/m0/s1. The van der Waals surface area contributed by atoms with Crippen LogP contribution < -0.4 is 19.1 Å². The summed E-state index contributed by atoms with van der Waals surface area (Å²) in [6.07, 6.45) is 1.63. The molecule has 0 aromatic heterocycles. The smallest absolute Gasteiger partial charge is 0.264 e. The number of amides is 2. The van der Waals surface area contributed by atoms with Crippen LogP contribution in [0, 0.1) is 0 Å².